The van der Waals surface area contributed by atoms with E-state index in [-0.39, 0.29) is 11.2 Å². The van der Waals surface area contributed by atoms with Gasteiger partial charge in [-0.05, 0) is 44.0 Å². The molecule has 0 bridgehead atoms. The summed E-state index contributed by atoms with van der Waals surface area (Å²) in [5, 5.41) is 9.02. The van der Waals surface area contributed by atoms with Crippen LogP contribution in [0.15, 0.2) is 52.2 Å². The van der Waals surface area contributed by atoms with Crippen LogP contribution >= 0.6 is 11.8 Å². The number of esters is 1. The number of aryl methyl sites for hydroxylation is 1. The predicted octanol–water partition coefficient (Wildman–Crippen LogP) is 4.66. The van der Waals surface area contributed by atoms with Gasteiger partial charge in [-0.1, -0.05) is 43.3 Å². The van der Waals surface area contributed by atoms with Crippen LogP contribution < -0.4 is 0 Å². The first-order chi connectivity index (χ1) is 13.2. The van der Waals surface area contributed by atoms with Crippen LogP contribution in [-0.4, -0.2) is 32.6 Å². The Hall–Kier alpha value is -2.54. The standard InChI is InChI=1S/C20H23N3O3S/c1-4-9-17(19(24)25-5-2)27-20-22-21-18(16-12-8-13-26-16)23(20)15-11-7-6-10-14(15)3/h6-8,10-13,17H,4-5,9H2,1-3H3. The number of carbonyl (C=O) groups is 1. The van der Waals surface area contributed by atoms with E-state index < -0.39 is 0 Å². The first-order valence-corrected chi connectivity index (χ1v) is 9.92. The summed E-state index contributed by atoms with van der Waals surface area (Å²) in [6.45, 7) is 6.26. The summed E-state index contributed by atoms with van der Waals surface area (Å²) in [5.74, 6) is 1.01. The van der Waals surface area contributed by atoms with E-state index in [1.807, 2.05) is 61.7 Å². The highest BCUT2D eigenvalue weighted by Crippen LogP contribution is 2.33. The van der Waals surface area contributed by atoms with Gasteiger partial charge in [0, 0.05) is 0 Å². The van der Waals surface area contributed by atoms with Gasteiger partial charge in [0.1, 0.15) is 5.25 Å². The number of aromatic nitrogens is 3. The minimum Gasteiger partial charge on any atom is -0.465 e. The Balaban J connectivity index is 2.05. The van der Waals surface area contributed by atoms with Crippen molar-refractivity contribution >= 4 is 17.7 Å². The molecule has 142 valence electrons. The minimum absolute atomic E-state index is 0.219. The first kappa shape index (κ1) is 19.2. The number of rotatable bonds is 8. The van der Waals surface area contributed by atoms with Gasteiger partial charge in [0.2, 0.25) is 5.82 Å². The molecule has 0 aliphatic rings. The fourth-order valence-corrected chi connectivity index (χ4v) is 3.94. The van der Waals surface area contributed by atoms with Crippen molar-refractivity contribution < 1.29 is 13.9 Å². The molecule has 0 N–H and O–H groups in total. The lowest BCUT2D eigenvalue weighted by Crippen LogP contribution is -2.21. The number of benzene rings is 1. The van der Waals surface area contributed by atoms with Gasteiger partial charge in [0.05, 0.1) is 18.6 Å². The van der Waals surface area contributed by atoms with Gasteiger partial charge in [0.25, 0.3) is 0 Å². The summed E-state index contributed by atoms with van der Waals surface area (Å²) in [6.07, 6.45) is 3.19. The third-order valence-electron chi connectivity index (χ3n) is 4.08. The molecule has 0 amide bonds. The maximum atomic E-state index is 12.4. The maximum absolute atomic E-state index is 12.4. The van der Waals surface area contributed by atoms with E-state index in [2.05, 4.69) is 10.2 Å². The molecule has 2 aromatic heterocycles. The Morgan fingerprint density at radius 2 is 2.04 bits per heavy atom. The van der Waals surface area contributed by atoms with Crippen molar-refractivity contribution in [1.82, 2.24) is 14.8 Å². The van der Waals surface area contributed by atoms with Gasteiger partial charge in [0.15, 0.2) is 10.9 Å². The summed E-state index contributed by atoms with van der Waals surface area (Å²) < 4.78 is 12.7. The molecule has 6 nitrogen and oxygen atoms in total. The molecule has 27 heavy (non-hydrogen) atoms. The summed E-state index contributed by atoms with van der Waals surface area (Å²) in [7, 11) is 0. The molecule has 3 aromatic rings. The van der Waals surface area contributed by atoms with Crippen molar-refractivity contribution in [3.05, 3.63) is 48.2 Å². The van der Waals surface area contributed by atoms with Crippen molar-refractivity contribution in [1.29, 1.82) is 0 Å². The number of ether oxygens (including phenoxy) is 1. The van der Waals surface area contributed by atoms with Gasteiger partial charge in [-0.15, -0.1) is 10.2 Å². The Kier molecular flexibility index (Phi) is 6.34. The predicted molar refractivity (Wildman–Crippen MR) is 105 cm³/mol. The molecule has 1 unspecified atom stereocenters. The SMILES string of the molecule is CCCC(Sc1nnc(-c2ccco2)n1-c1ccccc1C)C(=O)OCC. The Morgan fingerprint density at radius 1 is 1.22 bits per heavy atom. The zero-order valence-corrected chi connectivity index (χ0v) is 16.5. The van der Waals surface area contributed by atoms with E-state index in [1.54, 1.807) is 6.26 Å². The van der Waals surface area contributed by atoms with Gasteiger partial charge >= 0.3 is 5.97 Å². The number of furan rings is 1. The molecule has 0 saturated heterocycles. The van der Waals surface area contributed by atoms with Crippen LogP contribution in [-0.2, 0) is 9.53 Å². The van der Waals surface area contributed by atoms with Crippen molar-refractivity contribution in [3.8, 4) is 17.3 Å². The van der Waals surface area contributed by atoms with Crippen molar-refractivity contribution in [2.45, 2.75) is 44.0 Å². The van der Waals surface area contributed by atoms with Gasteiger partial charge in [-0.2, -0.15) is 0 Å². The Bertz CT molecular complexity index is 890. The molecular weight excluding hydrogens is 362 g/mol. The van der Waals surface area contributed by atoms with Crippen molar-refractivity contribution in [2.24, 2.45) is 0 Å². The molecule has 1 aromatic carbocycles. The highest BCUT2D eigenvalue weighted by molar-refractivity contribution is 8.00. The molecule has 0 aliphatic carbocycles. The zero-order valence-electron chi connectivity index (χ0n) is 15.7. The van der Waals surface area contributed by atoms with Crippen LogP contribution in [0.1, 0.15) is 32.3 Å². The van der Waals surface area contributed by atoms with Gasteiger partial charge in [-0.25, -0.2) is 0 Å². The quantitative estimate of drug-likeness (QED) is 0.415. The van der Waals surface area contributed by atoms with Crippen LogP contribution in [0, 0.1) is 6.92 Å². The van der Waals surface area contributed by atoms with E-state index in [1.165, 1.54) is 11.8 Å². The average Bonchev–Trinajstić information content (AvgIpc) is 3.31. The highest BCUT2D eigenvalue weighted by Gasteiger charge is 2.26. The first-order valence-electron chi connectivity index (χ1n) is 9.04. The van der Waals surface area contributed by atoms with E-state index >= 15 is 0 Å². The lowest BCUT2D eigenvalue weighted by molar-refractivity contribution is -0.142. The number of hydrogen-bond donors (Lipinski definition) is 0. The molecule has 3 rings (SSSR count). The smallest absolute Gasteiger partial charge is 0.319 e. The monoisotopic (exact) mass is 385 g/mol. The molecule has 0 spiro atoms. The normalized spacial score (nSPS) is 12.1. The number of nitrogens with zero attached hydrogens (tertiary/aromatic N) is 3. The second-order valence-electron chi connectivity index (χ2n) is 6.05. The summed E-state index contributed by atoms with van der Waals surface area (Å²) in [6, 6.07) is 11.7. The summed E-state index contributed by atoms with van der Waals surface area (Å²) >= 11 is 1.38. The van der Waals surface area contributed by atoms with E-state index in [0.717, 1.165) is 17.7 Å². The fraction of sp³-hybridized carbons (Fsp3) is 0.350. The van der Waals surface area contributed by atoms with Crippen LogP contribution in [0.2, 0.25) is 0 Å². The molecule has 7 heteroatoms. The number of hydrogen-bond acceptors (Lipinski definition) is 6. The molecule has 0 fully saturated rings. The molecule has 1 atom stereocenters. The minimum atomic E-state index is -0.327. The van der Waals surface area contributed by atoms with Gasteiger partial charge in [-0.3, -0.25) is 9.36 Å². The molecule has 0 aliphatic heterocycles. The molecule has 0 saturated carbocycles. The highest BCUT2D eigenvalue weighted by atomic mass is 32.2. The van der Waals surface area contributed by atoms with Crippen molar-refractivity contribution in [3.63, 3.8) is 0 Å². The van der Waals surface area contributed by atoms with Crippen molar-refractivity contribution in [2.75, 3.05) is 6.61 Å². The van der Waals surface area contributed by atoms with Gasteiger partial charge < -0.3 is 9.15 Å². The lowest BCUT2D eigenvalue weighted by atomic mass is 10.2. The fourth-order valence-electron chi connectivity index (χ4n) is 2.79. The van der Waals surface area contributed by atoms with Crippen LogP contribution in [0.25, 0.3) is 17.3 Å². The second-order valence-corrected chi connectivity index (χ2v) is 7.22. The molecule has 0 radical (unpaired) electrons. The van der Waals surface area contributed by atoms with Crippen LogP contribution in [0.5, 0.6) is 0 Å². The molecular formula is C20H23N3O3S. The number of para-hydroxylation sites is 1. The Labute approximate surface area is 162 Å². The summed E-state index contributed by atoms with van der Waals surface area (Å²) in [5.41, 5.74) is 2.03. The summed E-state index contributed by atoms with van der Waals surface area (Å²) in [4.78, 5) is 12.4. The third kappa shape index (κ3) is 4.24. The molecule has 2 heterocycles. The van der Waals surface area contributed by atoms with Crippen LogP contribution in [0.4, 0.5) is 0 Å². The largest absolute Gasteiger partial charge is 0.465 e. The number of carbonyl (C=O) groups excluding carboxylic acids is 1. The van der Waals surface area contributed by atoms with E-state index in [9.17, 15) is 4.79 Å². The average molecular weight is 385 g/mol. The second kappa shape index (κ2) is 8.90. The Morgan fingerprint density at radius 3 is 2.70 bits per heavy atom. The number of thioether (sulfide) groups is 1. The lowest BCUT2D eigenvalue weighted by Gasteiger charge is -2.16. The van der Waals surface area contributed by atoms with E-state index in [0.29, 0.717) is 29.8 Å². The topological polar surface area (TPSA) is 70.2 Å². The zero-order chi connectivity index (χ0) is 19.2. The van der Waals surface area contributed by atoms with Crippen LogP contribution in [0.3, 0.4) is 0 Å². The third-order valence-corrected chi connectivity index (χ3v) is 5.27. The van der Waals surface area contributed by atoms with E-state index in [4.69, 9.17) is 9.15 Å². The maximum Gasteiger partial charge on any atom is 0.319 e.